The van der Waals surface area contributed by atoms with Gasteiger partial charge >= 0.3 is 5.97 Å². The summed E-state index contributed by atoms with van der Waals surface area (Å²) in [6, 6.07) is 8.22. The molecule has 0 saturated heterocycles. The number of nitrogens with one attached hydrogen (secondary N) is 1. The molecule has 2 aromatic rings. The molecular weight excluding hydrogens is 358 g/mol. The molecule has 7 heteroatoms. The maximum absolute atomic E-state index is 12.2. The Morgan fingerprint density at radius 3 is 2.19 bits per heavy atom. The molecule has 6 nitrogen and oxygen atoms in total. The van der Waals surface area contributed by atoms with Crippen LogP contribution in [0.4, 0.5) is 5.69 Å². The maximum atomic E-state index is 12.2. The van der Waals surface area contributed by atoms with E-state index in [0.29, 0.717) is 22.2 Å². The van der Waals surface area contributed by atoms with Gasteiger partial charge in [-0.2, -0.15) is 0 Å². The van der Waals surface area contributed by atoms with E-state index in [4.69, 9.17) is 25.8 Å². The Bertz CT molecular complexity index is 810. The van der Waals surface area contributed by atoms with Crippen molar-refractivity contribution >= 4 is 29.2 Å². The lowest BCUT2D eigenvalue weighted by atomic mass is 10.1. The first-order valence-electron chi connectivity index (χ1n) is 7.81. The van der Waals surface area contributed by atoms with Gasteiger partial charge in [-0.3, -0.25) is 4.79 Å². The number of anilines is 1. The number of esters is 1. The smallest absolute Gasteiger partial charge is 0.338 e. The van der Waals surface area contributed by atoms with Crippen molar-refractivity contribution in [3.8, 4) is 11.5 Å². The number of carbonyl (C=O) groups is 2. The van der Waals surface area contributed by atoms with Crippen LogP contribution < -0.4 is 14.8 Å². The largest absolute Gasteiger partial charge is 0.496 e. The van der Waals surface area contributed by atoms with Gasteiger partial charge in [0, 0.05) is 16.3 Å². The summed E-state index contributed by atoms with van der Waals surface area (Å²) < 4.78 is 15.5. The van der Waals surface area contributed by atoms with Crippen LogP contribution in [0.3, 0.4) is 0 Å². The molecule has 0 spiro atoms. The normalized spacial score (nSPS) is 10.2. The van der Waals surface area contributed by atoms with Gasteiger partial charge < -0.3 is 19.5 Å². The van der Waals surface area contributed by atoms with Gasteiger partial charge in [-0.05, 0) is 43.7 Å². The van der Waals surface area contributed by atoms with E-state index >= 15 is 0 Å². The van der Waals surface area contributed by atoms with E-state index in [1.807, 2.05) is 13.8 Å². The Hall–Kier alpha value is -2.73. The summed E-state index contributed by atoms with van der Waals surface area (Å²) in [5, 5.41) is 3.16. The van der Waals surface area contributed by atoms with Crippen LogP contribution >= 0.6 is 11.6 Å². The summed E-state index contributed by atoms with van der Waals surface area (Å²) in [7, 11) is 2.99. The second kappa shape index (κ2) is 8.58. The topological polar surface area (TPSA) is 73.9 Å². The molecule has 0 aliphatic carbocycles. The van der Waals surface area contributed by atoms with Crippen molar-refractivity contribution in [2.75, 3.05) is 26.1 Å². The number of carbonyl (C=O) groups excluding carboxylic acids is 2. The third kappa shape index (κ3) is 4.67. The molecule has 26 heavy (non-hydrogen) atoms. The van der Waals surface area contributed by atoms with E-state index in [9.17, 15) is 9.59 Å². The first kappa shape index (κ1) is 19.6. The van der Waals surface area contributed by atoms with Gasteiger partial charge in [-0.1, -0.05) is 17.7 Å². The van der Waals surface area contributed by atoms with Crippen LogP contribution in [0.5, 0.6) is 11.5 Å². The molecule has 0 radical (unpaired) electrons. The van der Waals surface area contributed by atoms with Crippen LogP contribution in [0.15, 0.2) is 30.3 Å². The molecule has 0 aromatic heterocycles. The zero-order valence-corrected chi connectivity index (χ0v) is 15.8. The summed E-state index contributed by atoms with van der Waals surface area (Å²) in [5.41, 5.74) is 2.43. The first-order valence-corrected chi connectivity index (χ1v) is 8.19. The molecule has 0 aliphatic heterocycles. The van der Waals surface area contributed by atoms with E-state index in [1.54, 1.807) is 18.2 Å². The van der Waals surface area contributed by atoms with Crippen LogP contribution in [0.1, 0.15) is 21.5 Å². The summed E-state index contributed by atoms with van der Waals surface area (Å²) in [4.78, 5) is 24.2. The number of benzene rings is 2. The van der Waals surface area contributed by atoms with Crippen LogP contribution in [-0.2, 0) is 9.53 Å². The highest BCUT2D eigenvalue weighted by molar-refractivity contribution is 6.31. The first-order chi connectivity index (χ1) is 12.3. The number of hydrogen-bond acceptors (Lipinski definition) is 5. The molecule has 1 amide bonds. The van der Waals surface area contributed by atoms with Crippen LogP contribution in [0.2, 0.25) is 5.02 Å². The molecule has 138 valence electrons. The molecule has 0 atom stereocenters. The highest BCUT2D eigenvalue weighted by Gasteiger charge is 2.16. The molecule has 1 N–H and O–H groups in total. The number of rotatable bonds is 6. The summed E-state index contributed by atoms with van der Waals surface area (Å²) in [6.45, 7) is 3.25. The fourth-order valence-electron chi connectivity index (χ4n) is 2.29. The number of aryl methyl sites for hydroxylation is 1. The Morgan fingerprint density at radius 1 is 1.04 bits per heavy atom. The van der Waals surface area contributed by atoms with Crippen molar-refractivity contribution in [1.82, 2.24) is 0 Å². The number of hydrogen-bond donors (Lipinski definition) is 1. The lowest BCUT2D eigenvalue weighted by Crippen LogP contribution is -2.21. The number of ether oxygens (including phenoxy) is 3. The zero-order valence-electron chi connectivity index (χ0n) is 15.0. The molecule has 0 fully saturated rings. The second-order valence-electron chi connectivity index (χ2n) is 5.59. The molecule has 0 heterocycles. The molecule has 2 aromatic carbocycles. The number of methoxy groups -OCH3 is 2. The van der Waals surface area contributed by atoms with Crippen molar-refractivity contribution in [2.24, 2.45) is 0 Å². The summed E-state index contributed by atoms with van der Waals surface area (Å²) in [5.74, 6) is -0.131. The molecule has 0 aliphatic rings. The fraction of sp³-hybridized carbons (Fsp3) is 0.263. The lowest BCUT2D eigenvalue weighted by molar-refractivity contribution is -0.119. The van der Waals surface area contributed by atoms with Gasteiger partial charge in [0.1, 0.15) is 11.5 Å². The van der Waals surface area contributed by atoms with Crippen molar-refractivity contribution in [2.45, 2.75) is 13.8 Å². The summed E-state index contributed by atoms with van der Waals surface area (Å²) >= 11 is 6.01. The molecular formula is C19H20ClNO5. The number of halogens is 1. The average Bonchev–Trinajstić information content (AvgIpc) is 2.63. The minimum atomic E-state index is -0.654. The van der Waals surface area contributed by atoms with Gasteiger partial charge in [0.25, 0.3) is 5.91 Å². The molecule has 2 rings (SSSR count). The van der Waals surface area contributed by atoms with Gasteiger partial charge in [0.15, 0.2) is 6.61 Å². The van der Waals surface area contributed by atoms with E-state index in [-0.39, 0.29) is 5.56 Å². The third-order valence-corrected chi connectivity index (χ3v) is 4.19. The SMILES string of the molecule is COc1cc(C(=O)OCC(=O)Nc2ccc(C)c(Cl)c2)cc(OC)c1C. The number of amides is 1. The van der Waals surface area contributed by atoms with Gasteiger partial charge in [0.2, 0.25) is 0 Å². The van der Waals surface area contributed by atoms with Gasteiger partial charge in [-0.15, -0.1) is 0 Å². The quantitative estimate of drug-likeness (QED) is 0.776. The van der Waals surface area contributed by atoms with Crippen LogP contribution in [0, 0.1) is 13.8 Å². The average molecular weight is 378 g/mol. The molecule has 0 unspecified atom stereocenters. The van der Waals surface area contributed by atoms with E-state index < -0.39 is 18.5 Å². The minimum Gasteiger partial charge on any atom is -0.496 e. The van der Waals surface area contributed by atoms with Crippen molar-refractivity contribution in [1.29, 1.82) is 0 Å². The Labute approximate surface area is 157 Å². The Morgan fingerprint density at radius 2 is 1.65 bits per heavy atom. The van der Waals surface area contributed by atoms with Crippen molar-refractivity contribution in [3.63, 3.8) is 0 Å². The lowest BCUT2D eigenvalue weighted by Gasteiger charge is -2.12. The van der Waals surface area contributed by atoms with E-state index in [0.717, 1.165) is 11.1 Å². The summed E-state index contributed by atoms with van der Waals surface area (Å²) in [6.07, 6.45) is 0. The third-order valence-electron chi connectivity index (χ3n) is 3.78. The zero-order chi connectivity index (χ0) is 19.3. The standard InChI is InChI=1S/C19H20ClNO5/c1-11-5-6-14(9-15(11)20)21-18(22)10-26-19(23)13-7-16(24-3)12(2)17(8-13)25-4/h5-9H,10H2,1-4H3,(H,21,22). The van der Waals surface area contributed by atoms with Crippen LogP contribution in [0.25, 0.3) is 0 Å². The minimum absolute atomic E-state index is 0.232. The molecule has 0 saturated carbocycles. The predicted octanol–water partition coefficient (Wildman–Crippen LogP) is 3.77. The molecule has 0 bridgehead atoms. The van der Waals surface area contributed by atoms with E-state index in [2.05, 4.69) is 5.32 Å². The Balaban J connectivity index is 2.01. The van der Waals surface area contributed by atoms with Crippen molar-refractivity contribution in [3.05, 3.63) is 52.0 Å². The van der Waals surface area contributed by atoms with Crippen molar-refractivity contribution < 1.29 is 23.8 Å². The monoisotopic (exact) mass is 377 g/mol. The van der Waals surface area contributed by atoms with Gasteiger partial charge in [-0.25, -0.2) is 4.79 Å². The maximum Gasteiger partial charge on any atom is 0.338 e. The van der Waals surface area contributed by atoms with Gasteiger partial charge in [0.05, 0.1) is 19.8 Å². The predicted molar refractivity (Wildman–Crippen MR) is 99.4 cm³/mol. The van der Waals surface area contributed by atoms with E-state index in [1.165, 1.54) is 26.4 Å². The highest BCUT2D eigenvalue weighted by Crippen LogP contribution is 2.29. The van der Waals surface area contributed by atoms with Crippen LogP contribution in [-0.4, -0.2) is 32.7 Å². The Kier molecular flexibility index (Phi) is 6.46. The highest BCUT2D eigenvalue weighted by atomic mass is 35.5. The fourth-order valence-corrected chi connectivity index (χ4v) is 2.47. The second-order valence-corrected chi connectivity index (χ2v) is 6.00.